The molecule has 120 valence electrons. The molecule has 1 atom stereocenters. The van der Waals surface area contributed by atoms with Crippen molar-refractivity contribution in [3.05, 3.63) is 77.9 Å². The third kappa shape index (κ3) is 4.10. The van der Waals surface area contributed by atoms with Gasteiger partial charge in [-0.1, -0.05) is 62.4 Å². The summed E-state index contributed by atoms with van der Waals surface area (Å²) in [6, 6.07) is 16.1. The standard InChI is InChI=1S/C21H24O2/c1-4-21(3,5-2)19-12-10-17(11-13-19)16-23-20-9-7-6-8-18(20)14-15-22/h4,6-13,15H,1,5,14,16H2,2-3H3. The van der Waals surface area contributed by atoms with Crippen molar-refractivity contribution >= 4 is 6.29 Å². The van der Waals surface area contributed by atoms with Gasteiger partial charge in [0.2, 0.25) is 0 Å². The number of hydrogen-bond donors (Lipinski definition) is 0. The second-order valence-corrected chi connectivity index (χ2v) is 5.94. The molecule has 0 aromatic heterocycles. The van der Waals surface area contributed by atoms with E-state index >= 15 is 0 Å². The number of ether oxygens (including phenoxy) is 1. The average molecular weight is 308 g/mol. The Morgan fingerprint density at radius 1 is 1.13 bits per heavy atom. The molecule has 2 rings (SSSR count). The van der Waals surface area contributed by atoms with Crippen LogP contribution in [0.5, 0.6) is 5.75 Å². The Morgan fingerprint density at radius 3 is 2.43 bits per heavy atom. The Balaban J connectivity index is 2.08. The first-order valence-corrected chi connectivity index (χ1v) is 8.00. The maximum atomic E-state index is 10.7. The molecule has 0 fully saturated rings. The van der Waals surface area contributed by atoms with Gasteiger partial charge in [0.05, 0.1) is 0 Å². The molecule has 2 aromatic carbocycles. The number of carbonyl (C=O) groups excluding carboxylic acids is 1. The first-order valence-electron chi connectivity index (χ1n) is 8.00. The number of allylic oxidation sites excluding steroid dienone is 1. The lowest BCUT2D eigenvalue weighted by Crippen LogP contribution is -2.17. The van der Waals surface area contributed by atoms with Gasteiger partial charge in [-0.25, -0.2) is 0 Å². The zero-order valence-corrected chi connectivity index (χ0v) is 13.9. The summed E-state index contributed by atoms with van der Waals surface area (Å²) in [4.78, 5) is 10.7. The van der Waals surface area contributed by atoms with E-state index in [1.165, 1.54) is 5.56 Å². The quantitative estimate of drug-likeness (QED) is 0.514. The van der Waals surface area contributed by atoms with Crippen molar-refractivity contribution in [3.8, 4) is 5.75 Å². The van der Waals surface area contributed by atoms with Gasteiger partial charge in [-0.2, -0.15) is 0 Å². The minimum atomic E-state index is 0.00987. The fraction of sp³-hybridized carbons (Fsp3) is 0.286. The molecule has 0 aliphatic heterocycles. The molecule has 0 amide bonds. The van der Waals surface area contributed by atoms with Crippen LogP contribution in [0.2, 0.25) is 0 Å². The lowest BCUT2D eigenvalue weighted by Gasteiger charge is -2.24. The number of carbonyl (C=O) groups is 1. The summed E-state index contributed by atoms with van der Waals surface area (Å²) in [5.41, 5.74) is 3.30. The Hall–Kier alpha value is -2.35. The number of rotatable bonds is 8. The summed E-state index contributed by atoms with van der Waals surface area (Å²) in [6.07, 6.45) is 4.31. The molecule has 0 bridgehead atoms. The Bertz CT molecular complexity index is 658. The average Bonchev–Trinajstić information content (AvgIpc) is 2.61. The molecule has 0 saturated carbocycles. The molecular weight excluding hydrogens is 284 g/mol. The lowest BCUT2D eigenvalue weighted by molar-refractivity contribution is -0.107. The summed E-state index contributed by atoms with van der Waals surface area (Å²) < 4.78 is 5.87. The van der Waals surface area contributed by atoms with Crippen molar-refractivity contribution in [1.29, 1.82) is 0 Å². The molecule has 1 unspecified atom stereocenters. The van der Waals surface area contributed by atoms with Crippen LogP contribution in [0, 0.1) is 0 Å². The molecule has 0 aliphatic carbocycles. The number of hydrogen-bond acceptors (Lipinski definition) is 2. The van der Waals surface area contributed by atoms with Gasteiger partial charge in [-0.3, -0.25) is 0 Å². The second-order valence-electron chi connectivity index (χ2n) is 5.94. The van der Waals surface area contributed by atoms with Crippen LogP contribution in [-0.4, -0.2) is 6.29 Å². The zero-order valence-electron chi connectivity index (χ0n) is 13.9. The van der Waals surface area contributed by atoms with Crippen molar-refractivity contribution in [2.24, 2.45) is 0 Å². The Morgan fingerprint density at radius 2 is 1.83 bits per heavy atom. The van der Waals surface area contributed by atoms with Gasteiger partial charge in [0, 0.05) is 17.4 Å². The van der Waals surface area contributed by atoms with Gasteiger partial charge in [-0.05, 0) is 23.6 Å². The van der Waals surface area contributed by atoms with Crippen LogP contribution in [0.15, 0.2) is 61.2 Å². The van der Waals surface area contributed by atoms with Crippen molar-refractivity contribution in [1.82, 2.24) is 0 Å². The number of aldehydes is 1. The van der Waals surface area contributed by atoms with Crippen LogP contribution >= 0.6 is 0 Å². The maximum absolute atomic E-state index is 10.7. The van der Waals surface area contributed by atoms with Crippen molar-refractivity contribution < 1.29 is 9.53 Å². The topological polar surface area (TPSA) is 26.3 Å². The van der Waals surface area contributed by atoms with Gasteiger partial charge < -0.3 is 9.53 Å². The van der Waals surface area contributed by atoms with Crippen molar-refractivity contribution in [3.63, 3.8) is 0 Å². The summed E-state index contributed by atoms with van der Waals surface area (Å²) in [6.45, 7) is 8.81. The van der Waals surface area contributed by atoms with Gasteiger partial charge in [0.1, 0.15) is 18.6 Å². The molecule has 2 nitrogen and oxygen atoms in total. The normalized spacial score (nSPS) is 13.1. The van der Waals surface area contributed by atoms with Crippen molar-refractivity contribution in [2.45, 2.75) is 38.7 Å². The highest BCUT2D eigenvalue weighted by Gasteiger charge is 2.19. The Kier molecular flexibility index (Phi) is 5.75. The molecule has 0 N–H and O–H groups in total. The van der Waals surface area contributed by atoms with E-state index in [0.29, 0.717) is 13.0 Å². The third-order valence-corrected chi connectivity index (χ3v) is 4.47. The molecule has 0 saturated heterocycles. The van der Waals surface area contributed by atoms with Crippen LogP contribution in [0.4, 0.5) is 0 Å². The third-order valence-electron chi connectivity index (χ3n) is 4.47. The lowest BCUT2D eigenvalue weighted by atomic mass is 9.80. The van der Waals surface area contributed by atoms with E-state index in [0.717, 1.165) is 29.6 Å². The zero-order chi connectivity index (χ0) is 16.7. The molecule has 2 aromatic rings. The molecule has 0 heterocycles. The summed E-state index contributed by atoms with van der Waals surface area (Å²) in [7, 11) is 0. The van der Waals surface area contributed by atoms with Crippen LogP contribution < -0.4 is 4.74 Å². The summed E-state index contributed by atoms with van der Waals surface area (Å²) >= 11 is 0. The largest absolute Gasteiger partial charge is 0.489 e. The fourth-order valence-electron chi connectivity index (χ4n) is 2.51. The van der Waals surface area contributed by atoms with Crippen LogP contribution in [0.3, 0.4) is 0 Å². The van der Waals surface area contributed by atoms with Gasteiger partial charge in [-0.15, -0.1) is 6.58 Å². The highest BCUT2D eigenvalue weighted by molar-refractivity contribution is 5.57. The molecular formula is C21H24O2. The van der Waals surface area contributed by atoms with E-state index in [4.69, 9.17) is 4.74 Å². The van der Waals surface area contributed by atoms with Gasteiger partial charge >= 0.3 is 0 Å². The van der Waals surface area contributed by atoms with Crippen molar-refractivity contribution in [2.75, 3.05) is 0 Å². The molecule has 0 radical (unpaired) electrons. The van der Waals surface area contributed by atoms with E-state index in [9.17, 15) is 4.79 Å². The maximum Gasteiger partial charge on any atom is 0.124 e. The molecule has 2 heteroatoms. The first-order chi connectivity index (χ1) is 11.1. The summed E-state index contributed by atoms with van der Waals surface area (Å²) in [5, 5.41) is 0. The van der Waals surface area contributed by atoms with Crippen LogP contribution in [0.1, 0.15) is 37.0 Å². The highest BCUT2D eigenvalue weighted by Crippen LogP contribution is 2.29. The minimum Gasteiger partial charge on any atom is -0.489 e. The summed E-state index contributed by atoms with van der Waals surface area (Å²) in [5.74, 6) is 0.771. The predicted molar refractivity (Wildman–Crippen MR) is 94.8 cm³/mol. The van der Waals surface area contributed by atoms with E-state index in [-0.39, 0.29) is 5.41 Å². The van der Waals surface area contributed by atoms with E-state index in [2.05, 4.69) is 44.7 Å². The fourth-order valence-corrected chi connectivity index (χ4v) is 2.51. The minimum absolute atomic E-state index is 0.00987. The highest BCUT2D eigenvalue weighted by atomic mass is 16.5. The second kappa shape index (κ2) is 7.77. The smallest absolute Gasteiger partial charge is 0.124 e. The van der Waals surface area contributed by atoms with Gasteiger partial charge in [0.25, 0.3) is 0 Å². The molecule has 0 spiro atoms. The number of benzene rings is 2. The van der Waals surface area contributed by atoms with Crippen LogP contribution in [0.25, 0.3) is 0 Å². The van der Waals surface area contributed by atoms with Crippen LogP contribution in [-0.2, 0) is 23.2 Å². The molecule has 23 heavy (non-hydrogen) atoms. The monoisotopic (exact) mass is 308 g/mol. The Labute approximate surface area is 138 Å². The first kappa shape index (κ1) is 17.0. The van der Waals surface area contributed by atoms with E-state index in [1.807, 2.05) is 30.3 Å². The van der Waals surface area contributed by atoms with E-state index < -0.39 is 0 Å². The molecule has 0 aliphatic rings. The SMILES string of the molecule is C=CC(C)(CC)c1ccc(COc2ccccc2CC=O)cc1. The van der Waals surface area contributed by atoms with E-state index in [1.54, 1.807) is 0 Å². The predicted octanol–water partition coefficient (Wildman–Crippen LogP) is 4.86. The van der Waals surface area contributed by atoms with Gasteiger partial charge in [0.15, 0.2) is 0 Å². The number of para-hydroxylation sites is 1.